The second-order valence-electron chi connectivity index (χ2n) is 7.53. The standard InChI is InChI=1S/C23H20FN3O2S/c1-14-20(30-22(25-14)16-6-8-17(24)9-7-16)23(28)27-12-10-15(11-13-27)21-26-18-4-2-3-5-19(18)29-21/h2-9,15H,10-13H2,1H3. The Bertz CT molecular complexity index is 1170. The zero-order valence-corrected chi connectivity index (χ0v) is 17.3. The molecule has 1 aliphatic rings. The zero-order valence-electron chi connectivity index (χ0n) is 16.5. The maximum atomic E-state index is 13.2. The number of nitrogens with zero attached hydrogens (tertiary/aromatic N) is 3. The minimum absolute atomic E-state index is 0.00868. The Labute approximate surface area is 177 Å². The van der Waals surface area contributed by atoms with Gasteiger partial charge in [-0.3, -0.25) is 4.79 Å². The number of carbonyl (C=O) groups excluding carboxylic acids is 1. The highest BCUT2D eigenvalue weighted by atomic mass is 32.1. The fourth-order valence-electron chi connectivity index (χ4n) is 3.85. The molecule has 1 saturated heterocycles. The van der Waals surface area contributed by atoms with Crippen LogP contribution >= 0.6 is 11.3 Å². The van der Waals surface area contributed by atoms with E-state index in [2.05, 4.69) is 9.97 Å². The van der Waals surface area contributed by atoms with E-state index in [9.17, 15) is 9.18 Å². The first-order chi connectivity index (χ1) is 14.6. The average Bonchev–Trinajstić information content (AvgIpc) is 3.37. The second kappa shape index (κ2) is 7.65. The number of amides is 1. The highest BCUT2D eigenvalue weighted by Gasteiger charge is 2.29. The van der Waals surface area contributed by atoms with E-state index in [0.29, 0.717) is 23.7 Å². The van der Waals surface area contributed by atoms with E-state index in [1.165, 1.54) is 23.5 Å². The van der Waals surface area contributed by atoms with E-state index < -0.39 is 0 Å². The van der Waals surface area contributed by atoms with Gasteiger partial charge in [0.2, 0.25) is 0 Å². The van der Waals surface area contributed by atoms with Crippen LogP contribution < -0.4 is 0 Å². The van der Waals surface area contributed by atoms with E-state index in [-0.39, 0.29) is 17.6 Å². The molecule has 0 N–H and O–H groups in total. The van der Waals surface area contributed by atoms with Crippen LogP contribution in [0.3, 0.4) is 0 Å². The maximum absolute atomic E-state index is 13.2. The summed E-state index contributed by atoms with van der Waals surface area (Å²) in [6.07, 6.45) is 1.64. The molecule has 0 bridgehead atoms. The van der Waals surface area contributed by atoms with Crippen molar-refractivity contribution in [1.29, 1.82) is 0 Å². The van der Waals surface area contributed by atoms with Gasteiger partial charge in [-0.1, -0.05) is 12.1 Å². The van der Waals surface area contributed by atoms with Crippen LogP contribution in [-0.2, 0) is 0 Å². The van der Waals surface area contributed by atoms with Crippen molar-refractivity contribution in [3.63, 3.8) is 0 Å². The number of hydrogen-bond acceptors (Lipinski definition) is 5. The first kappa shape index (κ1) is 18.9. The molecule has 0 atom stereocenters. The minimum Gasteiger partial charge on any atom is -0.440 e. The lowest BCUT2D eigenvalue weighted by molar-refractivity contribution is 0.0710. The predicted octanol–water partition coefficient (Wildman–Crippen LogP) is 5.42. The number of hydrogen-bond donors (Lipinski definition) is 0. The topological polar surface area (TPSA) is 59.2 Å². The molecule has 4 aromatic rings. The van der Waals surface area contributed by atoms with Crippen molar-refractivity contribution in [2.45, 2.75) is 25.7 Å². The van der Waals surface area contributed by atoms with E-state index in [4.69, 9.17) is 4.42 Å². The van der Waals surface area contributed by atoms with Crippen molar-refractivity contribution in [2.24, 2.45) is 0 Å². The SMILES string of the molecule is Cc1nc(-c2ccc(F)cc2)sc1C(=O)N1CCC(c2nc3ccccc3o2)CC1. The van der Waals surface area contributed by atoms with Crippen LogP contribution in [0.1, 0.15) is 40.0 Å². The van der Waals surface area contributed by atoms with Crippen molar-refractivity contribution in [3.8, 4) is 10.6 Å². The molecule has 0 radical (unpaired) electrons. The molecular formula is C23H20FN3O2S. The van der Waals surface area contributed by atoms with Gasteiger partial charge < -0.3 is 9.32 Å². The Hall–Kier alpha value is -3.06. The average molecular weight is 421 g/mol. The number of carbonyl (C=O) groups is 1. The molecule has 2 aromatic heterocycles. The van der Waals surface area contributed by atoms with Gasteiger partial charge in [-0.05, 0) is 56.2 Å². The summed E-state index contributed by atoms with van der Waals surface area (Å²) in [7, 11) is 0. The number of oxazole rings is 1. The quantitative estimate of drug-likeness (QED) is 0.443. The lowest BCUT2D eigenvalue weighted by atomic mass is 9.96. The Balaban J connectivity index is 1.29. The van der Waals surface area contributed by atoms with Gasteiger partial charge in [-0.25, -0.2) is 14.4 Å². The number of thiazole rings is 1. The van der Waals surface area contributed by atoms with Crippen LogP contribution in [0.5, 0.6) is 0 Å². The van der Waals surface area contributed by atoms with Crippen molar-refractivity contribution in [3.05, 3.63) is 70.8 Å². The number of para-hydroxylation sites is 2. The third-order valence-electron chi connectivity index (χ3n) is 5.52. The third-order valence-corrected chi connectivity index (χ3v) is 6.72. The van der Waals surface area contributed by atoms with E-state index >= 15 is 0 Å². The number of rotatable bonds is 3. The van der Waals surface area contributed by atoms with Gasteiger partial charge >= 0.3 is 0 Å². The largest absolute Gasteiger partial charge is 0.440 e. The number of benzene rings is 2. The molecule has 1 fully saturated rings. The lowest BCUT2D eigenvalue weighted by Gasteiger charge is -2.30. The molecule has 2 aromatic carbocycles. The molecule has 3 heterocycles. The maximum Gasteiger partial charge on any atom is 0.265 e. The van der Waals surface area contributed by atoms with Crippen molar-refractivity contribution in [1.82, 2.24) is 14.9 Å². The summed E-state index contributed by atoms with van der Waals surface area (Å²) >= 11 is 1.36. The smallest absolute Gasteiger partial charge is 0.265 e. The number of halogens is 1. The van der Waals surface area contributed by atoms with Crippen molar-refractivity contribution < 1.29 is 13.6 Å². The van der Waals surface area contributed by atoms with Crippen LogP contribution in [0, 0.1) is 12.7 Å². The Morgan fingerprint density at radius 3 is 2.57 bits per heavy atom. The highest BCUT2D eigenvalue weighted by Crippen LogP contribution is 2.33. The highest BCUT2D eigenvalue weighted by molar-refractivity contribution is 7.17. The lowest BCUT2D eigenvalue weighted by Crippen LogP contribution is -2.37. The van der Waals surface area contributed by atoms with Gasteiger partial charge in [0.1, 0.15) is 21.2 Å². The molecule has 5 nitrogen and oxygen atoms in total. The number of fused-ring (bicyclic) bond motifs is 1. The van der Waals surface area contributed by atoms with Gasteiger partial charge in [0.15, 0.2) is 11.5 Å². The number of aryl methyl sites for hydroxylation is 1. The van der Waals surface area contributed by atoms with Gasteiger partial charge in [-0.2, -0.15) is 0 Å². The van der Waals surface area contributed by atoms with Crippen LogP contribution in [0.15, 0.2) is 52.9 Å². The van der Waals surface area contributed by atoms with Crippen LogP contribution in [0.2, 0.25) is 0 Å². The summed E-state index contributed by atoms with van der Waals surface area (Å²) in [5.74, 6) is 0.703. The zero-order chi connectivity index (χ0) is 20.7. The summed E-state index contributed by atoms with van der Waals surface area (Å²) in [6.45, 7) is 3.17. The molecule has 5 rings (SSSR count). The Morgan fingerprint density at radius 1 is 1.10 bits per heavy atom. The normalized spacial score (nSPS) is 15.1. The molecule has 30 heavy (non-hydrogen) atoms. The van der Waals surface area contributed by atoms with E-state index in [1.54, 1.807) is 12.1 Å². The first-order valence-corrected chi connectivity index (χ1v) is 10.8. The van der Waals surface area contributed by atoms with Crippen molar-refractivity contribution >= 4 is 28.3 Å². The summed E-state index contributed by atoms with van der Waals surface area (Å²) in [5, 5.41) is 0.734. The molecule has 1 aliphatic heterocycles. The van der Waals surface area contributed by atoms with Crippen LogP contribution in [-0.4, -0.2) is 33.9 Å². The molecule has 0 aliphatic carbocycles. The van der Waals surface area contributed by atoms with Gasteiger partial charge in [0, 0.05) is 24.6 Å². The van der Waals surface area contributed by atoms with E-state index in [0.717, 1.165) is 40.4 Å². The van der Waals surface area contributed by atoms with Gasteiger partial charge in [-0.15, -0.1) is 11.3 Å². The summed E-state index contributed by atoms with van der Waals surface area (Å²) in [4.78, 5) is 24.8. The Kier molecular flexibility index (Phi) is 4.83. The monoisotopic (exact) mass is 421 g/mol. The molecule has 152 valence electrons. The third kappa shape index (κ3) is 3.50. The predicted molar refractivity (Wildman–Crippen MR) is 114 cm³/mol. The Morgan fingerprint density at radius 2 is 1.83 bits per heavy atom. The molecule has 0 unspecified atom stereocenters. The summed E-state index contributed by atoms with van der Waals surface area (Å²) in [6, 6.07) is 14.0. The molecule has 1 amide bonds. The summed E-state index contributed by atoms with van der Waals surface area (Å²) in [5.41, 5.74) is 3.21. The molecule has 0 saturated carbocycles. The van der Waals surface area contributed by atoms with Gasteiger partial charge in [0.25, 0.3) is 5.91 Å². The number of likely N-dealkylation sites (tertiary alicyclic amines) is 1. The fourth-order valence-corrected chi connectivity index (χ4v) is 4.89. The van der Waals surface area contributed by atoms with Crippen molar-refractivity contribution in [2.75, 3.05) is 13.1 Å². The fraction of sp³-hybridized carbons (Fsp3) is 0.261. The first-order valence-electron chi connectivity index (χ1n) is 9.96. The van der Waals surface area contributed by atoms with Crippen LogP contribution in [0.4, 0.5) is 4.39 Å². The molecule has 7 heteroatoms. The minimum atomic E-state index is -0.287. The summed E-state index contributed by atoms with van der Waals surface area (Å²) < 4.78 is 19.1. The number of piperidine rings is 1. The molecule has 0 spiro atoms. The molecular weight excluding hydrogens is 401 g/mol. The second-order valence-corrected chi connectivity index (χ2v) is 8.53. The van der Waals surface area contributed by atoms with E-state index in [1.807, 2.05) is 36.1 Å². The number of aromatic nitrogens is 2. The van der Waals surface area contributed by atoms with Crippen LogP contribution in [0.25, 0.3) is 21.7 Å². The van der Waals surface area contributed by atoms with Gasteiger partial charge in [0.05, 0.1) is 5.69 Å².